The number of aromatic hydroxyl groups is 1. The van der Waals surface area contributed by atoms with Gasteiger partial charge in [0.05, 0.1) is 0 Å². The number of carbonyl (C=O) groups is 1. The highest BCUT2D eigenvalue weighted by Crippen LogP contribution is 2.18. The van der Waals surface area contributed by atoms with Crippen molar-refractivity contribution in [3.8, 4) is 17.1 Å². The predicted molar refractivity (Wildman–Crippen MR) is 52.6 cm³/mol. The molecule has 0 radical (unpaired) electrons. The van der Waals surface area contributed by atoms with Gasteiger partial charge in [0.25, 0.3) is 0 Å². The normalized spacial score (nSPS) is 10.2. The van der Waals surface area contributed by atoms with Crippen molar-refractivity contribution in [1.82, 2.24) is 20.2 Å². The summed E-state index contributed by atoms with van der Waals surface area (Å²) >= 11 is 0. The molecule has 0 aliphatic rings. The van der Waals surface area contributed by atoms with E-state index >= 15 is 0 Å². The van der Waals surface area contributed by atoms with Crippen LogP contribution < -0.4 is 0 Å². The molecule has 0 amide bonds. The van der Waals surface area contributed by atoms with Gasteiger partial charge >= 0.3 is 5.97 Å². The first-order valence-corrected chi connectivity index (χ1v) is 4.44. The number of carboxylic acids is 1. The third-order valence-electron chi connectivity index (χ3n) is 1.94. The van der Waals surface area contributed by atoms with E-state index in [1.807, 2.05) is 0 Å². The van der Waals surface area contributed by atoms with Gasteiger partial charge in [0.15, 0.2) is 5.82 Å². The first kappa shape index (κ1) is 10.1. The van der Waals surface area contributed by atoms with Crippen LogP contribution in [-0.4, -0.2) is 36.4 Å². The number of tetrazole rings is 1. The van der Waals surface area contributed by atoms with Gasteiger partial charge in [-0.3, -0.25) is 4.79 Å². The molecule has 16 heavy (non-hydrogen) atoms. The first-order valence-electron chi connectivity index (χ1n) is 4.44. The fourth-order valence-electron chi connectivity index (χ4n) is 1.26. The molecule has 2 rings (SSSR count). The van der Waals surface area contributed by atoms with E-state index in [1.165, 1.54) is 16.8 Å². The van der Waals surface area contributed by atoms with Crippen LogP contribution in [0.5, 0.6) is 5.75 Å². The lowest BCUT2D eigenvalue weighted by atomic mass is 10.2. The van der Waals surface area contributed by atoms with Crippen LogP contribution in [0.15, 0.2) is 24.3 Å². The molecule has 0 unspecified atom stereocenters. The molecular formula is C9H8N4O3. The average Bonchev–Trinajstić information content (AvgIpc) is 2.66. The van der Waals surface area contributed by atoms with Gasteiger partial charge in [0, 0.05) is 5.56 Å². The number of carboxylic acid groups (broad SMARTS) is 1. The van der Waals surface area contributed by atoms with Gasteiger partial charge in [-0.2, -0.15) is 0 Å². The van der Waals surface area contributed by atoms with E-state index in [0.29, 0.717) is 11.4 Å². The second-order valence-electron chi connectivity index (χ2n) is 3.10. The quantitative estimate of drug-likeness (QED) is 0.762. The lowest BCUT2D eigenvalue weighted by molar-refractivity contribution is -0.137. The van der Waals surface area contributed by atoms with E-state index in [4.69, 9.17) is 10.2 Å². The summed E-state index contributed by atoms with van der Waals surface area (Å²) in [6, 6.07) is 6.18. The predicted octanol–water partition coefficient (Wildman–Crippen LogP) is 0.130. The van der Waals surface area contributed by atoms with Gasteiger partial charge in [0.2, 0.25) is 0 Å². The topological polar surface area (TPSA) is 101 Å². The molecule has 0 atom stereocenters. The molecule has 7 heteroatoms. The number of nitrogens with zero attached hydrogens (tertiary/aromatic N) is 4. The molecule has 82 valence electrons. The Hall–Kier alpha value is -2.44. The van der Waals surface area contributed by atoms with Crippen LogP contribution in [0.3, 0.4) is 0 Å². The van der Waals surface area contributed by atoms with Crippen LogP contribution >= 0.6 is 0 Å². The van der Waals surface area contributed by atoms with Gasteiger partial charge in [-0.05, 0) is 34.7 Å². The number of hydrogen-bond acceptors (Lipinski definition) is 5. The van der Waals surface area contributed by atoms with E-state index in [-0.39, 0.29) is 12.3 Å². The van der Waals surface area contributed by atoms with Gasteiger partial charge in [-0.15, -0.1) is 5.10 Å². The van der Waals surface area contributed by atoms with Crippen molar-refractivity contribution in [2.75, 3.05) is 0 Å². The maximum atomic E-state index is 10.5. The Balaban J connectivity index is 2.36. The molecule has 0 bridgehead atoms. The summed E-state index contributed by atoms with van der Waals surface area (Å²) in [6.45, 7) is -0.302. The third-order valence-corrected chi connectivity index (χ3v) is 1.94. The minimum absolute atomic E-state index is 0.126. The molecule has 0 saturated heterocycles. The van der Waals surface area contributed by atoms with E-state index < -0.39 is 5.97 Å². The van der Waals surface area contributed by atoms with Crippen molar-refractivity contribution in [1.29, 1.82) is 0 Å². The Labute approximate surface area is 90.0 Å². The number of phenols is 1. The fourth-order valence-corrected chi connectivity index (χ4v) is 1.26. The minimum atomic E-state index is -1.02. The van der Waals surface area contributed by atoms with E-state index in [2.05, 4.69) is 15.5 Å². The number of benzene rings is 1. The summed E-state index contributed by atoms with van der Waals surface area (Å²) in [5, 5.41) is 28.5. The van der Waals surface area contributed by atoms with Gasteiger partial charge in [-0.1, -0.05) is 0 Å². The van der Waals surface area contributed by atoms with E-state index in [9.17, 15) is 4.79 Å². The number of aliphatic carboxylic acids is 1. The van der Waals surface area contributed by atoms with Crippen molar-refractivity contribution in [2.45, 2.75) is 6.54 Å². The highest BCUT2D eigenvalue weighted by atomic mass is 16.4. The second-order valence-corrected chi connectivity index (χ2v) is 3.10. The Morgan fingerprint density at radius 2 is 2.00 bits per heavy atom. The van der Waals surface area contributed by atoms with Crippen LogP contribution in [0.1, 0.15) is 0 Å². The summed E-state index contributed by atoms with van der Waals surface area (Å²) in [5.74, 6) is -0.546. The van der Waals surface area contributed by atoms with Crippen LogP contribution in [0.25, 0.3) is 11.4 Å². The molecule has 0 aliphatic heterocycles. The summed E-state index contributed by atoms with van der Waals surface area (Å²) in [5.41, 5.74) is 0.643. The molecule has 7 nitrogen and oxygen atoms in total. The first-order chi connectivity index (χ1) is 7.66. The van der Waals surface area contributed by atoms with E-state index in [1.54, 1.807) is 12.1 Å². The Morgan fingerprint density at radius 1 is 1.31 bits per heavy atom. The molecule has 1 aromatic carbocycles. The molecule has 1 aromatic heterocycles. The van der Waals surface area contributed by atoms with Gasteiger partial charge in [-0.25, -0.2) is 4.68 Å². The van der Waals surface area contributed by atoms with Crippen LogP contribution in [0.2, 0.25) is 0 Å². The zero-order valence-corrected chi connectivity index (χ0v) is 8.11. The Bertz CT molecular complexity index is 506. The highest BCUT2D eigenvalue weighted by Gasteiger charge is 2.11. The lowest BCUT2D eigenvalue weighted by Gasteiger charge is -2.01. The van der Waals surface area contributed by atoms with Gasteiger partial charge < -0.3 is 10.2 Å². The standard InChI is InChI=1S/C9H8N4O3/c14-7-3-1-6(2-4-7)9-10-11-12-13(9)5-8(15)16/h1-4,14H,5H2,(H,15,16). The Kier molecular flexibility index (Phi) is 2.50. The molecule has 2 aromatic rings. The number of aromatic nitrogens is 4. The zero-order valence-electron chi connectivity index (χ0n) is 8.11. The molecule has 0 aliphatic carbocycles. The summed E-state index contributed by atoms with van der Waals surface area (Å²) in [7, 11) is 0. The molecule has 0 saturated carbocycles. The Morgan fingerprint density at radius 3 is 2.62 bits per heavy atom. The molecule has 2 N–H and O–H groups in total. The lowest BCUT2D eigenvalue weighted by Crippen LogP contribution is -2.11. The monoisotopic (exact) mass is 220 g/mol. The fraction of sp³-hybridized carbons (Fsp3) is 0.111. The van der Waals surface area contributed by atoms with Crippen LogP contribution in [0, 0.1) is 0 Å². The summed E-state index contributed by atoms with van der Waals surface area (Å²) in [4.78, 5) is 10.5. The van der Waals surface area contributed by atoms with Crippen LogP contribution in [0.4, 0.5) is 0 Å². The molecule has 1 heterocycles. The smallest absolute Gasteiger partial charge is 0.325 e. The minimum Gasteiger partial charge on any atom is -0.508 e. The molecular weight excluding hydrogens is 212 g/mol. The van der Waals surface area contributed by atoms with Crippen molar-refractivity contribution >= 4 is 5.97 Å². The maximum Gasteiger partial charge on any atom is 0.325 e. The summed E-state index contributed by atoms with van der Waals surface area (Å²) < 4.78 is 1.18. The van der Waals surface area contributed by atoms with Crippen molar-refractivity contribution in [2.24, 2.45) is 0 Å². The number of rotatable bonds is 3. The summed E-state index contributed by atoms with van der Waals surface area (Å²) in [6.07, 6.45) is 0. The zero-order chi connectivity index (χ0) is 11.5. The number of hydrogen-bond donors (Lipinski definition) is 2. The van der Waals surface area contributed by atoms with E-state index in [0.717, 1.165) is 0 Å². The molecule has 0 fully saturated rings. The van der Waals surface area contributed by atoms with Crippen molar-refractivity contribution < 1.29 is 15.0 Å². The highest BCUT2D eigenvalue weighted by molar-refractivity contribution is 5.67. The van der Waals surface area contributed by atoms with Gasteiger partial charge in [0.1, 0.15) is 12.3 Å². The van der Waals surface area contributed by atoms with Crippen molar-refractivity contribution in [3.63, 3.8) is 0 Å². The third kappa shape index (κ3) is 1.97. The average molecular weight is 220 g/mol. The van der Waals surface area contributed by atoms with Crippen molar-refractivity contribution in [3.05, 3.63) is 24.3 Å². The second kappa shape index (κ2) is 3.97. The van der Waals surface area contributed by atoms with Crippen LogP contribution in [-0.2, 0) is 11.3 Å². The number of phenolic OH excluding ortho intramolecular Hbond substituents is 1. The SMILES string of the molecule is O=C(O)Cn1nnnc1-c1ccc(O)cc1. The maximum absolute atomic E-state index is 10.5. The largest absolute Gasteiger partial charge is 0.508 e. The molecule has 0 spiro atoms.